The van der Waals surface area contributed by atoms with E-state index in [4.69, 9.17) is 9.47 Å². The zero-order valence-corrected chi connectivity index (χ0v) is 9.55. The van der Waals surface area contributed by atoms with Crippen molar-refractivity contribution in [3.8, 4) is 5.75 Å². The summed E-state index contributed by atoms with van der Waals surface area (Å²) < 4.78 is 24.1. The van der Waals surface area contributed by atoms with Crippen LogP contribution < -0.4 is 10.1 Å². The van der Waals surface area contributed by atoms with Crippen molar-refractivity contribution >= 4 is 0 Å². The number of aryl methyl sites for hydroxylation is 1. The second-order valence-corrected chi connectivity index (χ2v) is 3.91. The summed E-state index contributed by atoms with van der Waals surface area (Å²) in [5, 5.41) is 3.23. The third kappa shape index (κ3) is 2.18. The second-order valence-electron chi connectivity index (χ2n) is 3.91. The Labute approximate surface area is 94.6 Å². The van der Waals surface area contributed by atoms with Gasteiger partial charge in [0.2, 0.25) is 0 Å². The van der Waals surface area contributed by atoms with Gasteiger partial charge in [-0.2, -0.15) is 0 Å². The van der Waals surface area contributed by atoms with E-state index in [1.165, 1.54) is 13.2 Å². The van der Waals surface area contributed by atoms with Crippen molar-refractivity contribution in [2.45, 2.75) is 13.0 Å². The van der Waals surface area contributed by atoms with Gasteiger partial charge in [0.05, 0.1) is 19.8 Å². The second kappa shape index (κ2) is 4.80. The molecular formula is C12H16FNO2. The van der Waals surface area contributed by atoms with Crippen LogP contribution in [-0.2, 0) is 4.74 Å². The number of nitrogens with one attached hydrogen (secondary N) is 1. The van der Waals surface area contributed by atoms with E-state index in [1.54, 1.807) is 6.07 Å². The molecule has 1 aliphatic rings. The van der Waals surface area contributed by atoms with Gasteiger partial charge in [-0.1, -0.05) is 0 Å². The van der Waals surface area contributed by atoms with Gasteiger partial charge >= 0.3 is 0 Å². The average Bonchev–Trinajstić information content (AvgIpc) is 2.32. The van der Waals surface area contributed by atoms with Gasteiger partial charge in [0.1, 0.15) is 0 Å². The Morgan fingerprint density at radius 2 is 2.31 bits per heavy atom. The molecule has 88 valence electrons. The van der Waals surface area contributed by atoms with E-state index in [0.717, 1.165) is 24.2 Å². The van der Waals surface area contributed by atoms with Gasteiger partial charge in [0, 0.05) is 13.1 Å². The van der Waals surface area contributed by atoms with Crippen LogP contribution in [0.2, 0.25) is 0 Å². The first-order chi connectivity index (χ1) is 7.72. The summed E-state index contributed by atoms with van der Waals surface area (Å²) in [5.74, 6) is -0.0534. The molecule has 0 amide bonds. The van der Waals surface area contributed by atoms with Gasteiger partial charge in [0.15, 0.2) is 11.6 Å². The first kappa shape index (κ1) is 11.4. The van der Waals surface area contributed by atoms with Crippen molar-refractivity contribution in [1.82, 2.24) is 5.32 Å². The van der Waals surface area contributed by atoms with Gasteiger partial charge < -0.3 is 14.8 Å². The number of benzene rings is 1. The molecule has 1 saturated heterocycles. The Bertz CT molecular complexity index is 376. The summed E-state index contributed by atoms with van der Waals surface area (Å²) in [4.78, 5) is 0. The van der Waals surface area contributed by atoms with Crippen molar-refractivity contribution in [3.05, 3.63) is 29.1 Å². The maximum atomic E-state index is 13.6. The Hall–Kier alpha value is -1.13. The summed E-state index contributed by atoms with van der Waals surface area (Å²) in [6.07, 6.45) is -0.0610. The maximum absolute atomic E-state index is 13.6. The molecule has 3 nitrogen and oxygen atoms in total. The zero-order valence-electron chi connectivity index (χ0n) is 9.55. The third-order valence-electron chi connectivity index (χ3n) is 2.81. The predicted molar refractivity (Wildman–Crippen MR) is 59.3 cm³/mol. The molecule has 4 heteroatoms. The number of rotatable bonds is 2. The van der Waals surface area contributed by atoms with Crippen molar-refractivity contribution in [2.75, 3.05) is 26.8 Å². The minimum Gasteiger partial charge on any atom is -0.494 e. The molecule has 0 aliphatic carbocycles. The monoisotopic (exact) mass is 225 g/mol. The SMILES string of the molecule is COc1cc(C)c(C2CNCCO2)cc1F. The molecule has 1 heterocycles. The van der Waals surface area contributed by atoms with Gasteiger partial charge in [-0.25, -0.2) is 4.39 Å². The van der Waals surface area contributed by atoms with Crippen molar-refractivity contribution < 1.29 is 13.9 Å². The molecule has 2 rings (SSSR count). The molecule has 1 N–H and O–H groups in total. The number of ether oxygens (including phenoxy) is 2. The molecule has 0 bridgehead atoms. The lowest BCUT2D eigenvalue weighted by Gasteiger charge is -2.25. The highest BCUT2D eigenvalue weighted by Crippen LogP contribution is 2.28. The van der Waals surface area contributed by atoms with Crippen LogP contribution in [0.1, 0.15) is 17.2 Å². The topological polar surface area (TPSA) is 30.5 Å². The van der Waals surface area contributed by atoms with E-state index in [1.807, 2.05) is 6.92 Å². The highest BCUT2D eigenvalue weighted by Gasteiger charge is 2.19. The van der Waals surface area contributed by atoms with Crippen LogP contribution in [0.5, 0.6) is 5.75 Å². The van der Waals surface area contributed by atoms with Crippen LogP contribution >= 0.6 is 0 Å². The minimum absolute atomic E-state index is 0.0610. The van der Waals surface area contributed by atoms with Crippen LogP contribution in [0, 0.1) is 12.7 Å². The highest BCUT2D eigenvalue weighted by molar-refractivity contribution is 5.37. The Kier molecular flexibility index (Phi) is 3.41. The number of hydrogen-bond acceptors (Lipinski definition) is 3. The smallest absolute Gasteiger partial charge is 0.165 e. The number of morpholine rings is 1. The van der Waals surface area contributed by atoms with Crippen molar-refractivity contribution in [3.63, 3.8) is 0 Å². The molecule has 0 radical (unpaired) electrons. The predicted octanol–water partition coefficient (Wildman–Crippen LogP) is 1.80. The molecule has 1 atom stereocenters. The van der Waals surface area contributed by atoms with Gasteiger partial charge in [-0.15, -0.1) is 0 Å². The van der Waals surface area contributed by atoms with Crippen LogP contribution in [0.25, 0.3) is 0 Å². The summed E-state index contributed by atoms with van der Waals surface area (Å²) in [7, 11) is 1.47. The molecule has 0 saturated carbocycles. The summed E-state index contributed by atoms with van der Waals surface area (Å²) in [5.41, 5.74) is 1.89. The number of methoxy groups -OCH3 is 1. The van der Waals surface area contributed by atoms with E-state index in [9.17, 15) is 4.39 Å². The Morgan fingerprint density at radius 3 is 2.94 bits per heavy atom. The quantitative estimate of drug-likeness (QED) is 0.832. The number of hydrogen-bond donors (Lipinski definition) is 1. The Morgan fingerprint density at radius 1 is 1.50 bits per heavy atom. The number of halogens is 1. The summed E-state index contributed by atoms with van der Waals surface area (Å²) >= 11 is 0. The lowest BCUT2D eigenvalue weighted by atomic mass is 10.0. The molecule has 1 unspecified atom stereocenters. The largest absolute Gasteiger partial charge is 0.494 e. The van der Waals surface area contributed by atoms with E-state index in [2.05, 4.69) is 5.32 Å². The van der Waals surface area contributed by atoms with Gasteiger partial charge in [-0.3, -0.25) is 0 Å². The van der Waals surface area contributed by atoms with Crippen LogP contribution in [0.4, 0.5) is 4.39 Å². The fourth-order valence-electron chi connectivity index (χ4n) is 1.94. The lowest BCUT2D eigenvalue weighted by Crippen LogP contribution is -2.33. The van der Waals surface area contributed by atoms with Crippen LogP contribution in [-0.4, -0.2) is 26.8 Å². The zero-order chi connectivity index (χ0) is 11.5. The molecule has 0 aromatic heterocycles. The van der Waals surface area contributed by atoms with Crippen LogP contribution in [0.3, 0.4) is 0 Å². The van der Waals surface area contributed by atoms with Crippen molar-refractivity contribution in [1.29, 1.82) is 0 Å². The molecule has 1 fully saturated rings. The van der Waals surface area contributed by atoms with Crippen molar-refractivity contribution in [2.24, 2.45) is 0 Å². The minimum atomic E-state index is -0.336. The van der Waals surface area contributed by atoms with E-state index >= 15 is 0 Å². The molecule has 0 spiro atoms. The molecule has 1 aromatic carbocycles. The van der Waals surface area contributed by atoms with Gasteiger partial charge in [-0.05, 0) is 30.2 Å². The molecular weight excluding hydrogens is 209 g/mol. The Balaban J connectivity index is 2.29. The fraction of sp³-hybridized carbons (Fsp3) is 0.500. The standard InChI is InChI=1S/C12H16FNO2/c1-8-5-11(15-2)10(13)6-9(8)12-7-14-3-4-16-12/h5-6,12,14H,3-4,7H2,1-2H3. The van der Waals surface area contributed by atoms with Gasteiger partial charge in [0.25, 0.3) is 0 Å². The molecule has 1 aliphatic heterocycles. The molecule has 1 aromatic rings. The third-order valence-corrected chi connectivity index (χ3v) is 2.81. The van der Waals surface area contributed by atoms with E-state index < -0.39 is 0 Å². The van der Waals surface area contributed by atoms with E-state index in [-0.39, 0.29) is 17.7 Å². The van der Waals surface area contributed by atoms with E-state index in [0.29, 0.717) is 6.61 Å². The van der Waals surface area contributed by atoms with Crippen LogP contribution in [0.15, 0.2) is 12.1 Å². The maximum Gasteiger partial charge on any atom is 0.165 e. The average molecular weight is 225 g/mol. The summed E-state index contributed by atoms with van der Waals surface area (Å²) in [6, 6.07) is 3.22. The summed E-state index contributed by atoms with van der Waals surface area (Å²) in [6.45, 7) is 4.19. The fourth-order valence-corrected chi connectivity index (χ4v) is 1.94. The highest BCUT2D eigenvalue weighted by atomic mass is 19.1. The first-order valence-electron chi connectivity index (χ1n) is 5.38. The normalized spacial score (nSPS) is 20.8. The first-order valence-corrected chi connectivity index (χ1v) is 5.38. The lowest BCUT2D eigenvalue weighted by molar-refractivity contribution is 0.0271. The molecule has 16 heavy (non-hydrogen) atoms.